The number of carbonyl (C=O) groups is 2. The van der Waals surface area contributed by atoms with E-state index in [-0.39, 0.29) is 13.0 Å². The van der Waals surface area contributed by atoms with Crippen molar-refractivity contribution in [1.29, 1.82) is 0 Å². The molecule has 100 valence electrons. The Labute approximate surface area is 105 Å². The topological polar surface area (TPSA) is 95.9 Å². The van der Waals surface area contributed by atoms with Crippen LogP contribution in [0.5, 0.6) is 0 Å². The Balaban J connectivity index is 2.12. The Bertz CT molecular complexity index is 390. The number of hydrogen-bond donors (Lipinski definition) is 3. The number of hydrogen-bond acceptors (Lipinski definition) is 4. The number of carbonyl (C=O) groups excluding carboxylic acids is 1. The average molecular weight is 255 g/mol. The molecule has 2 atom stereocenters. The Morgan fingerprint density at radius 2 is 2.17 bits per heavy atom. The monoisotopic (exact) mass is 255 g/mol. The highest BCUT2D eigenvalue weighted by Crippen LogP contribution is 2.62. The minimum absolute atomic E-state index is 0.0249. The molecular formula is C12H17NO5. The molecule has 1 spiro atoms. The molecule has 0 saturated heterocycles. The predicted octanol–water partition coefficient (Wildman–Crippen LogP) is 0.657. The van der Waals surface area contributed by atoms with Crippen LogP contribution in [0.25, 0.3) is 0 Å². The number of aliphatic hydroxyl groups excluding tert-OH is 1. The highest BCUT2D eigenvalue weighted by molar-refractivity contribution is 5.87. The van der Waals surface area contributed by atoms with E-state index in [1.807, 2.05) is 0 Å². The Morgan fingerprint density at radius 3 is 2.56 bits per heavy atom. The molecule has 3 N–H and O–H groups in total. The van der Waals surface area contributed by atoms with Gasteiger partial charge in [-0.05, 0) is 12.8 Å². The van der Waals surface area contributed by atoms with Crippen LogP contribution in [0.4, 0.5) is 4.79 Å². The summed E-state index contributed by atoms with van der Waals surface area (Å²) in [4.78, 5) is 23.0. The van der Waals surface area contributed by atoms with Gasteiger partial charge in [0, 0.05) is 11.8 Å². The van der Waals surface area contributed by atoms with Crippen molar-refractivity contribution in [2.24, 2.45) is 5.41 Å². The lowest BCUT2D eigenvalue weighted by atomic mass is 9.43. The van der Waals surface area contributed by atoms with Gasteiger partial charge in [-0.1, -0.05) is 19.1 Å². The van der Waals surface area contributed by atoms with Gasteiger partial charge in [0.15, 0.2) is 5.54 Å². The zero-order chi connectivity index (χ0) is 13.4. The zero-order valence-electron chi connectivity index (χ0n) is 10.0. The van der Waals surface area contributed by atoms with Crippen molar-refractivity contribution >= 4 is 12.1 Å². The number of aliphatic hydroxyl groups is 1. The summed E-state index contributed by atoms with van der Waals surface area (Å²) in [5, 5.41) is 21.6. The van der Waals surface area contributed by atoms with Gasteiger partial charge in [0.2, 0.25) is 0 Å². The van der Waals surface area contributed by atoms with Crippen LogP contribution in [-0.4, -0.2) is 40.5 Å². The van der Waals surface area contributed by atoms with E-state index in [1.54, 1.807) is 0 Å². The van der Waals surface area contributed by atoms with E-state index in [9.17, 15) is 19.8 Å². The van der Waals surface area contributed by atoms with Crippen molar-refractivity contribution in [1.82, 2.24) is 5.32 Å². The highest BCUT2D eigenvalue weighted by Gasteiger charge is 2.72. The minimum Gasteiger partial charge on any atom is -0.479 e. The third kappa shape index (κ3) is 1.52. The van der Waals surface area contributed by atoms with E-state index in [4.69, 9.17) is 4.74 Å². The number of rotatable bonds is 4. The van der Waals surface area contributed by atoms with Crippen LogP contribution in [-0.2, 0) is 9.53 Å². The van der Waals surface area contributed by atoms with E-state index in [1.165, 1.54) is 6.08 Å². The molecule has 0 radical (unpaired) electrons. The summed E-state index contributed by atoms with van der Waals surface area (Å²) in [5.41, 5.74) is -2.10. The first kappa shape index (κ1) is 12.9. The van der Waals surface area contributed by atoms with Gasteiger partial charge < -0.3 is 20.3 Å². The number of carboxylic acids is 1. The summed E-state index contributed by atoms with van der Waals surface area (Å²) < 4.78 is 4.76. The van der Waals surface area contributed by atoms with E-state index < -0.39 is 29.1 Å². The molecule has 0 heterocycles. The fourth-order valence-electron chi connectivity index (χ4n) is 3.03. The van der Waals surface area contributed by atoms with Crippen molar-refractivity contribution in [3.05, 3.63) is 12.7 Å². The van der Waals surface area contributed by atoms with Gasteiger partial charge in [-0.3, -0.25) is 0 Å². The average Bonchev–Trinajstić information content (AvgIpc) is 2.22. The molecule has 18 heavy (non-hydrogen) atoms. The second-order valence-corrected chi connectivity index (χ2v) is 4.95. The molecule has 0 aromatic rings. The van der Waals surface area contributed by atoms with Crippen LogP contribution in [0.3, 0.4) is 0 Å². The number of carboxylic acid groups (broad SMARTS) is 1. The van der Waals surface area contributed by atoms with E-state index in [0.717, 1.165) is 6.42 Å². The zero-order valence-corrected chi connectivity index (χ0v) is 10.0. The maximum absolute atomic E-state index is 11.5. The Morgan fingerprint density at radius 1 is 1.50 bits per heavy atom. The van der Waals surface area contributed by atoms with E-state index >= 15 is 0 Å². The number of aliphatic carboxylic acids is 1. The van der Waals surface area contributed by atoms with Crippen LogP contribution in [0, 0.1) is 5.41 Å². The standard InChI is InChI=1S/C12H17NO5/c1-2-6-18-10(17)13-12(9(15)16)7-8(14)11(12)4-3-5-11/h2,8,14H,1,3-7H2,(H,13,17)(H,15,16)/t8-,12-/m1/s1. The smallest absolute Gasteiger partial charge is 0.408 e. The number of ether oxygens (including phenoxy) is 1. The molecule has 6 heteroatoms. The number of alkyl carbamates (subject to hydrolysis) is 1. The molecule has 2 aliphatic carbocycles. The summed E-state index contributed by atoms with van der Waals surface area (Å²) in [5.74, 6) is -1.11. The molecule has 2 fully saturated rings. The van der Waals surface area contributed by atoms with Gasteiger partial charge >= 0.3 is 12.1 Å². The molecule has 0 aromatic carbocycles. The highest BCUT2D eigenvalue weighted by atomic mass is 16.5. The lowest BCUT2D eigenvalue weighted by Gasteiger charge is -2.64. The fraction of sp³-hybridized carbons (Fsp3) is 0.667. The second-order valence-electron chi connectivity index (χ2n) is 4.95. The summed E-state index contributed by atoms with van der Waals surface area (Å²) in [6, 6.07) is 0. The lowest BCUT2D eigenvalue weighted by molar-refractivity contribution is -0.212. The maximum Gasteiger partial charge on any atom is 0.408 e. The predicted molar refractivity (Wildman–Crippen MR) is 62.0 cm³/mol. The van der Waals surface area contributed by atoms with Gasteiger partial charge in [0.05, 0.1) is 6.10 Å². The van der Waals surface area contributed by atoms with Crippen molar-refractivity contribution < 1.29 is 24.5 Å². The van der Waals surface area contributed by atoms with E-state index in [0.29, 0.717) is 12.8 Å². The molecule has 0 bridgehead atoms. The SMILES string of the molecule is C=CCOC(=O)N[C@@]1(C(=O)O)C[C@@H](O)C12CCC2. The maximum atomic E-state index is 11.5. The summed E-state index contributed by atoms with van der Waals surface area (Å²) in [6.07, 6.45) is 2.09. The third-order valence-corrected chi connectivity index (χ3v) is 4.25. The Hall–Kier alpha value is -1.56. The fourth-order valence-corrected chi connectivity index (χ4v) is 3.03. The van der Waals surface area contributed by atoms with Gasteiger partial charge in [0.25, 0.3) is 0 Å². The summed E-state index contributed by atoms with van der Waals surface area (Å²) >= 11 is 0. The Kier molecular flexibility index (Phi) is 3.06. The largest absolute Gasteiger partial charge is 0.479 e. The van der Waals surface area contributed by atoms with Crippen LogP contribution in [0.15, 0.2) is 12.7 Å². The molecule has 2 saturated carbocycles. The minimum atomic E-state index is -1.39. The molecule has 1 amide bonds. The van der Waals surface area contributed by atoms with Crippen molar-refractivity contribution in [3.63, 3.8) is 0 Å². The summed E-state index contributed by atoms with van der Waals surface area (Å²) in [6.45, 7) is 3.43. The molecule has 2 rings (SSSR count). The van der Waals surface area contributed by atoms with Crippen LogP contribution < -0.4 is 5.32 Å². The molecule has 0 unspecified atom stereocenters. The molecular weight excluding hydrogens is 238 g/mol. The normalized spacial score (nSPS) is 31.9. The summed E-state index contributed by atoms with van der Waals surface area (Å²) in [7, 11) is 0. The molecule has 0 aromatic heterocycles. The van der Waals surface area contributed by atoms with Gasteiger partial charge in [0.1, 0.15) is 6.61 Å². The van der Waals surface area contributed by atoms with Crippen LogP contribution in [0.1, 0.15) is 25.7 Å². The van der Waals surface area contributed by atoms with Crippen molar-refractivity contribution in [2.45, 2.75) is 37.3 Å². The number of amides is 1. The number of nitrogens with one attached hydrogen (secondary N) is 1. The third-order valence-electron chi connectivity index (χ3n) is 4.25. The van der Waals surface area contributed by atoms with E-state index in [2.05, 4.69) is 11.9 Å². The first-order chi connectivity index (χ1) is 8.48. The molecule has 2 aliphatic rings. The quantitative estimate of drug-likeness (QED) is 0.641. The molecule has 0 aliphatic heterocycles. The van der Waals surface area contributed by atoms with Crippen molar-refractivity contribution in [2.75, 3.05) is 6.61 Å². The first-order valence-corrected chi connectivity index (χ1v) is 5.96. The van der Waals surface area contributed by atoms with Crippen LogP contribution in [0.2, 0.25) is 0 Å². The first-order valence-electron chi connectivity index (χ1n) is 5.96. The molecule has 6 nitrogen and oxygen atoms in total. The lowest BCUT2D eigenvalue weighted by Crippen LogP contribution is -2.79. The van der Waals surface area contributed by atoms with Gasteiger partial charge in [-0.2, -0.15) is 0 Å². The van der Waals surface area contributed by atoms with Crippen molar-refractivity contribution in [3.8, 4) is 0 Å². The van der Waals surface area contributed by atoms with Gasteiger partial charge in [-0.15, -0.1) is 0 Å². The van der Waals surface area contributed by atoms with Gasteiger partial charge in [-0.25, -0.2) is 9.59 Å². The second kappa shape index (κ2) is 4.28. The van der Waals surface area contributed by atoms with Crippen LogP contribution >= 0.6 is 0 Å².